The quantitative estimate of drug-likeness (QED) is 0.600. The maximum atomic E-state index is 5.54. The average molecular weight is 208 g/mol. The monoisotopic (exact) mass is 208 g/mol. The highest BCUT2D eigenvalue weighted by Gasteiger charge is 2.16. The maximum Gasteiger partial charge on any atom is 0.105 e. The van der Waals surface area contributed by atoms with Gasteiger partial charge in [-0.1, -0.05) is 6.07 Å². The molecule has 0 aliphatic heterocycles. The van der Waals surface area contributed by atoms with Gasteiger partial charge in [-0.05, 0) is 24.4 Å². The number of nitrogens with two attached hydrogens (primary N) is 1. The van der Waals surface area contributed by atoms with Gasteiger partial charge in [0.2, 0.25) is 0 Å². The van der Waals surface area contributed by atoms with Crippen LogP contribution in [0.2, 0.25) is 0 Å². The second-order valence-corrected chi connectivity index (χ2v) is 4.03. The Morgan fingerprint density at radius 2 is 2.36 bits per heavy atom. The lowest BCUT2D eigenvalue weighted by Gasteiger charge is -2.12. The lowest BCUT2D eigenvalue weighted by atomic mass is 10.1. The fraction of sp³-hybridized carbons (Fsp3) is 0.200. The van der Waals surface area contributed by atoms with Gasteiger partial charge in [-0.2, -0.15) is 0 Å². The minimum absolute atomic E-state index is 0.0359. The predicted molar refractivity (Wildman–Crippen MR) is 56.9 cm³/mol. The summed E-state index contributed by atoms with van der Waals surface area (Å²) in [5.41, 5.74) is 3.89. The molecule has 0 aliphatic rings. The number of nitrogens with one attached hydrogen (secondary N) is 1. The van der Waals surface area contributed by atoms with Gasteiger partial charge in [0.1, 0.15) is 5.76 Å². The first kappa shape index (κ1) is 9.45. The Hall–Kier alpha value is -1.10. The number of furan rings is 1. The van der Waals surface area contributed by atoms with Crippen molar-refractivity contribution in [3.8, 4) is 0 Å². The van der Waals surface area contributed by atoms with E-state index in [-0.39, 0.29) is 6.04 Å². The first-order valence-corrected chi connectivity index (χ1v) is 5.24. The molecule has 3 N–H and O–H groups in total. The molecule has 0 saturated heterocycles. The zero-order chi connectivity index (χ0) is 9.97. The number of hydrazine groups is 1. The van der Waals surface area contributed by atoms with E-state index in [1.807, 2.05) is 24.4 Å². The Balaban J connectivity index is 2.36. The Labute approximate surface area is 86.5 Å². The van der Waals surface area contributed by atoms with Crippen LogP contribution in [0.15, 0.2) is 34.3 Å². The highest BCUT2D eigenvalue weighted by atomic mass is 32.1. The summed E-state index contributed by atoms with van der Waals surface area (Å²) < 4.78 is 5.25. The summed E-state index contributed by atoms with van der Waals surface area (Å²) in [6.45, 7) is 1.94. The van der Waals surface area contributed by atoms with E-state index in [9.17, 15) is 0 Å². The van der Waals surface area contributed by atoms with E-state index >= 15 is 0 Å². The van der Waals surface area contributed by atoms with Crippen molar-refractivity contribution in [1.29, 1.82) is 0 Å². The standard InChI is InChI=1S/C10H12N2OS/c1-7-8(4-5-13-7)10(12-11)9-3-2-6-14-9/h2-6,10,12H,11H2,1H3. The number of hydrogen-bond acceptors (Lipinski definition) is 4. The van der Waals surface area contributed by atoms with Crippen LogP contribution in [0.4, 0.5) is 0 Å². The molecule has 14 heavy (non-hydrogen) atoms. The SMILES string of the molecule is Cc1occc1C(NN)c1cccs1. The summed E-state index contributed by atoms with van der Waals surface area (Å²) in [6.07, 6.45) is 1.68. The minimum atomic E-state index is 0.0359. The van der Waals surface area contributed by atoms with Crippen molar-refractivity contribution in [1.82, 2.24) is 5.43 Å². The molecule has 2 aromatic heterocycles. The zero-order valence-corrected chi connectivity index (χ0v) is 8.67. The second kappa shape index (κ2) is 3.96. The van der Waals surface area contributed by atoms with Gasteiger partial charge < -0.3 is 4.42 Å². The molecule has 3 nitrogen and oxygen atoms in total. The lowest BCUT2D eigenvalue weighted by Crippen LogP contribution is -2.28. The second-order valence-electron chi connectivity index (χ2n) is 3.05. The van der Waals surface area contributed by atoms with E-state index in [1.54, 1.807) is 17.6 Å². The third-order valence-electron chi connectivity index (χ3n) is 2.20. The molecular weight excluding hydrogens is 196 g/mol. The molecule has 2 heterocycles. The van der Waals surface area contributed by atoms with Crippen LogP contribution < -0.4 is 11.3 Å². The van der Waals surface area contributed by atoms with E-state index in [0.29, 0.717) is 0 Å². The molecule has 0 aliphatic carbocycles. The van der Waals surface area contributed by atoms with Crippen molar-refractivity contribution < 1.29 is 4.42 Å². The smallest absolute Gasteiger partial charge is 0.105 e. The van der Waals surface area contributed by atoms with E-state index in [0.717, 1.165) is 11.3 Å². The van der Waals surface area contributed by atoms with Crippen molar-refractivity contribution in [3.63, 3.8) is 0 Å². The van der Waals surface area contributed by atoms with Crippen LogP contribution in [0.5, 0.6) is 0 Å². The van der Waals surface area contributed by atoms with Gasteiger partial charge in [0, 0.05) is 10.4 Å². The van der Waals surface area contributed by atoms with E-state index in [1.165, 1.54) is 4.88 Å². The summed E-state index contributed by atoms with van der Waals surface area (Å²) in [6, 6.07) is 6.05. The van der Waals surface area contributed by atoms with Crippen LogP contribution in [-0.4, -0.2) is 0 Å². The summed E-state index contributed by atoms with van der Waals surface area (Å²) in [4.78, 5) is 1.19. The number of thiophene rings is 1. The molecule has 0 spiro atoms. The fourth-order valence-corrected chi connectivity index (χ4v) is 2.28. The van der Waals surface area contributed by atoms with Crippen molar-refractivity contribution in [3.05, 3.63) is 46.0 Å². The van der Waals surface area contributed by atoms with Gasteiger partial charge in [0.15, 0.2) is 0 Å². The molecule has 0 bridgehead atoms. The molecule has 1 atom stereocenters. The zero-order valence-electron chi connectivity index (χ0n) is 7.86. The summed E-state index contributed by atoms with van der Waals surface area (Å²) in [5, 5.41) is 2.04. The summed E-state index contributed by atoms with van der Waals surface area (Å²) >= 11 is 1.68. The van der Waals surface area contributed by atoms with Gasteiger partial charge in [-0.15, -0.1) is 11.3 Å². The van der Waals surface area contributed by atoms with Crippen LogP contribution in [0.1, 0.15) is 22.2 Å². The topological polar surface area (TPSA) is 51.2 Å². The Morgan fingerprint density at radius 1 is 1.50 bits per heavy atom. The van der Waals surface area contributed by atoms with Crippen molar-refractivity contribution in [2.24, 2.45) is 5.84 Å². The van der Waals surface area contributed by atoms with E-state index in [4.69, 9.17) is 10.3 Å². The molecule has 0 radical (unpaired) electrons. The molecule has 2 rings (SSSR count). The molecule has 4 heteroatoms. The summed E-state index contributed by atoms with van der Waals surface area (Å²) in [5.74, 6) is 6.44. The third-order valence-corrected chi connectivity index (χ3v) is 3.14. The van der Waals surface area contributed by atoms with Crippen LogP contribution in [0.25, 0.3) is 0 Å². The average Bonchev–Trinajstić information content (AvgIpc) is 2.80. The molecule has 0 aromatic carbocycles. The van der Waals surface area contributed by atoms with Crippen LogP contribution in [0, 0.1) is 6.92 Å². The van der Waals surface area contributed by atoms with E-state index < -0.39 is 0 Å². The number of rotatable bonds is 3. The van der Waals surface area contributed by atoms with Crippen LogP contribution in [-0.2, 0) is 0 Å². The van der Waals surface area contributed by atoms with Gasteiger partial charge in [0.05, 0.1) is 12.3 Å². The van der Waals surface area contributed by atoms with Gasteiger partial charge in [-0.3, -0.25) is 5.84 Å². The van der Waals surface area contributed by atoms with Crippen molar-refractivity contribution >= 4 is 11.3 Å². The normalized spacial score (nSPS) is 13.0. The molecule has 0 amide bonds. The van der Waals surface area contributed by atoms with E-state index in [2.05, 4.69) is 11.5 Å². The Morgan fingerprint density at radius 3 is 2.86 bits per heavy atom. The molecule has 2 aromatic rings. The maximum absolute atomic E-state index is 5.54. The number of aryl methyl sites for hydroxylation is 1. The molecule has 0 saturated carbocycles. The predicted octanol–water partition coefficient (Wildman–Crippen LogP) is 2.20. The third kappa shape index (κ3) is 1.59. The lowest BCUT2D eigenvalue weighted by molar-refractivity contribution is 0.521. The number of hydrogen-bond donors (Lipinski definition) is 2. The summed E-state index contributed by atoms with van der Waals surface area (Å²) in [7, 11) is 0. The molecular formula is C10H12N2OS. The molecule has 74 valence electrons. The highest BCUT2D eigenvalue weighted by Crippen LogP contribution is 2.27. The van der Waals surface area contributed by atoms with Crippen molar-refractivity contribution in [2.45, 2.75) is 13.0 Å². The largest absolute Gasteiger partial charge is 0.469 e. The van der Waals surface area contributed by atoms with Gasteiger partial charge in [0.25, 0.3) is 0 Å². The highest BCUT2D eigenvalue weighted by molar-refractivity contribution is 7.10. The minimum Gasteiger partial charge on any atom is -0.469 e. The Bertz CT molecular complexity index is 394. The van der Waals surface area contributed by atoms with Crippen LogP contribution in [0.3, 0.4) is 0 Å². The molecule has 0 fully saturated rings. The Kier molecular flexibility index (Phi) is 2.67. The molecule has 1 unspecified atom stereocenters. The van der Waals surface area contributed by atoms with Gasteiger partial charge in [-0.25, -0.2) is 5.43 Å². The van der Waals surface area contributed by atoms with Crippen molar-refractivity contribution in [2.75, 3.05) is 0 Å². The van der Waals surface area contributed by atoms with Gasteiger partial charge >= 0.3 is 0 Å². The first-order chi connectivity index (χ1) is 6.83. The first-order valence-electron chi connectivity index (χ1n) is 4.36. The van der Waals surface area contributed by atoms with Crippen LogP contribution >= 0.6 is 11.3 Å². The fourth-order valence-electron chi connectivity index (χ4n) is 1.47.